The van der Waals surface area contributed by atoms with Gasteiger partial charge in [0.25, 0.3) is 5.91 Å². The number of aryl methyl sites for hydroxylation is 2. The van der Waals surface area contributed by atoms with Crippen molar-refractivity contribution in [2.45, 2.75) is 32.8 Å². The van der Waals surface area contributed by atoms with Crippen molar-refractivity contribution in [3.8, 4) is 5.75 Å². The summed E-state index contributed by atoms with van der Waals surface area (Å²) in [4.78, 5) is 16.5. The first kappa shape index (κ1) is 16.5. The van der Waals surface area contributed by atoms with E-state index in [0.29, 0.717) is 5.69 Å². The van der Waals surface area contributed by atoms with Gasteiger partial charge in [-0.2, -0.15) is 0 Å². The summed E-state index contributed by atoms with van der Waals surface area (Å²) in [6.07, 6.45) is 2.03. The van der Waals surface area contributed by atoms with Crippen LogP contribution in [0.4, 0.5) is 5.69 Å². The average molecular weight is 326 g/mol. The van der Waals surface area contributed by atoms with Crippen LogP contribution in [0.15, 0.2) is 36.4 Å². The summed E-state index contributed by atoms with van der Waals surface area (Å²) in [7, 11) is 0. The zero-order valence-electron chi connectivity index (χ0n) is 14.0. The number of nitrogens with one attached hydrogen (secondary N) is 1. The molecule has 0 aliphatic carbocycles. The van der Waals surface area contributed by atoms with Crippen molar-refractivity contribution >= 4 is 11.6 Å². The highest BCUT2D eigenvalue weighted by Gasteiger charge is 2.16. The molecule has 0 unspecified atom stereocenters. The second-order valence-electron chi connectivity index (χ2n) is 6.03. The highest BCUT2D eigenvalue weighted by Crippen LogP contribution is 2.25. The Morgan fingerprint density at radius 2 is 2.00 bits per heavy atom. The second-order valence-corrected chi connectivity index (χ2v) is 6.03. The van der Waals surface area contributed by atoms with E-state index in [1.165, 1.54) is 0 Å². The molecule has 1 aromatic heterocycles. The molecule has 1 aliphatic heterocycles. The van der Waals surface area contributed by atoms with Gasteiger partial charge in [0.15, 0.2) is 0 Å². The third-order valence-corrected chi connectivity index (χ3v) is 4.02. The molecule has 0 bridgehead atoms. The molecule has 0 atom stereocenters. The van der Waals surface area contributed by atoms with E-state index in [9.17, 15) is 4.79 Å². The van der Waals surface area contributed by atoms with Crippen molar-refractivity contribution in [1.29, 1.82) is 0 Å². The molecule has 0 saturated carbocycles. The molecule has 0 radical (unpaired) electrons. The van der Waals surface area contributed by atoms with Gasteiger partial charge in [-0.25, -0.2) is 4.98 Å². The van der Waals surface area contributed by atoms with Crippen molar-refractivity contribution in [2.75, 3.05) is 18.5 Å². The summed E-state index contributed by atoms with van der Waals surface area (Å²) >= 11 is 0. The predicted octanol–water partition coefficient (Wildman–Crippen LogP) is 3.51. The number of carbonyl (C=O) groups excluding carboxylic acids is 1. The van der Waals surface area contributed by atoms with E-state index in [1.54, 1.807) is 6.07 Å². The van der Waals surface area contributed by atoms with Crippen LogP contribution in [0, 0.1) is 13.8 Å². The first-order chi connectivity index (χ1) is 11.6. The van der Waals surface area contributed by atoms with Crippen molar-refractivity contribution in [1.82, 2.24) is 4.98 Å². The third-order valence-electron chi connectivity index (χ3n) is 4.02. The van der Waals surface area contributed by atoms with E-state index in [-0.39, 0.29) is 12.0 Å². The minimum atomic E-state index is -0.212. The zero-order valence-corrected chi connectivity index (χ0v) is 14.0. The summed E-state index contributed by atoms with van der Waals surface area (Å²) in [5.74, 6) is 0.643. The fourth-order valence-electron chi connectivity index (χ4n) is 2.70. The molecule has 1 saturated heterocycles. The van der Waals surface area contributed by atoms with Crippen LogP contribution in [0.3, 0.4) is 0 Å². The summed E-state index contributed by atoms with van der Waals surface area (Å²) in [5.41, 5.74) is 2.96. The standard InChI is InChI=1S/C19H22N2O3/c1-13-12-15(21-19(22)17-5-3-4-14(2)20-17)6-7-18(13)24-16-8-10-23-11-9-16/h3-7,12,16H,8-11H2,1-2H3,(H,21,22). The Morgan fingerprint density at radius 1 is 1.21 bits per heavy atom. The van der Waals surface area contributed by atoms with Crippen molar-refractivity contribution in [3.63, 3.8) is 0 Å². The van der Waals surface area contributed by atoms with Gasteiger partial charge < -0.3 is 14.8 Å². The zero-order chi connectivity index (χ0) is 16.9. The topological polar surface area (TPSA) is 60.5 Å². The molecule has 2 aromatic rings. The molecule has 5 heteroatoms. The number of anilines is 1. The van der Waals surface area contributed by atoms with Gasteiger partial charge in [-0.3, -0.25) is 4.79 Å². The van der Waals surface area contributed by atoms with Gasteiger partial charge in [-0.15, -0.1) is 0 Å². The number of nitrogens with zero attached hydrogens (tertiary/aromatic N) is 1. The Balaban J connectivity index is 1.66. The molecule has 5 nitrogen and oxygen atoms in total. The van der Waals surface area contributed by atoms with Crippen molar-refractivity contribution in [3.05, 3.63) is 53.3 Å². The minimum Gasteiger partial charge on any atom is -0.490 e. The SMILES string of the molecule is Cc1cccc(C(=O)Nc2ccc(OC3CCOCC3)c(C)c2)n1. The maximum Gasteiger partial charge on any atom is 0.274 e. The highest BCUT2D eigenvalue weighted by atomic mass is 16.5. The maximum atomic E-state index is 12.3. The molecule has 1 aromatic carbocycles. The fourth-order valence-corrected chi connectivity index (χ4v) is 2.70. The molecule has 24 heavy (non-hydrogen) atoms. The third kappa shape index (κ3) is 4.11. The molecule has 3 rings (SSSR count). The van der Waals surface area contributed by atoms with Crippen LogP contribution in [0.25, 0.3) is 0 Å². The lowest BCUT2D eigenvalue weighted by atomic mass is 10.1. The van der Waals surface area contributed by atoms with Crippen LogP contribution in [0.2, 0.25) is 0 Å². The van der Waals surface area contributed by atoms with Crippen molar-refractivity contribution in [2.24, 2.45) is 0 Å². The number of benzene rings is 1. The number of aromatic nitrogens is 1. The number of hydrogen-bond donors (Lipinski definition) is 1. The summed E-state index contributed by atoms with van der Waals surface area (Å²) in [6.45, 7) is 5.35. The minimum absolute atomic E-state index is 0.203. The van der Waals surface area contributed by atoms with Gasteiger partial charge in [0.05, 0.1) is 13.2 Å². The number of ether oxygens (including phenoxy) is 2. The van der Waals surface area contributed by atoms with Crippen LogP contribution in [0.1, 0.15) is 34.6 Å². The Kier molecular flexibility index (Phi) is 5.11. The number of amides is 1. The molecule has 1 fully saturated rings. The Labute approximate surface area is 142 Å². The molecule has 126 valence electrons. The summed E-state index contributed by atoms with van der Waals surface area (Å²) < 4.78 is 11.4. The van der Waals surface area contributed by atoms with E-state index in [1.807, 2.05) is 44.2 Å². The molecular weight excluding hydrogens is 304 g/mol. The molecule has 2 heterocycles. The van der Waals surface area contributed by atoms with Gasteiger partial charge in [0, 0.05) is 24.2 Å². The van der Waals surface area contributed by atoms with Crippen LogP contribution < -0.4 is 10.1 Å². The van der Waals surface area contributed by atoms with Gasteiger partial charge >= 0.3 is 0 Å². The maximum absolute atomic E-state index is 12.3. The number of hydrogen-bond acceptors (Lipinski definition) is 4. The quantitative estimate of drug-likeness (QED) is 0.934. The van der Waals surface area contributed by atoms with Gasteiger partial charge in [0.1, 0.15) is 17.5 Å². The van der Waals surface area contributed by atoms with E-state index in [4.69, 9.17) is 9.47 Å². The lowest BCUT2D eigenvalue weighted by Gasteiger charge is -2.24. The average Bonchev–Trinajstić information content (AvgIpc) is 2.58. The van der Waals surface area contributed by atoms with Gasteiger partial charge in [0.2, 0.25) is 0 Å². The van der Waals surface area contributed by atoms with Gasteiger partial charge in [-0.1, -0.05) is 6.07 Å². The van der Waals surface area contributed by atoms with Crippen LogP contribution in [-0.2, 0) is 4.74 Å². The first-order valence-electron chi connectivity index (χ1n) is 8.22. The fraction of sp³-hybridized carbons (Fsp3) is 0.368. The van der Waals surface area contributed by atoms with E-state index in [0.717, 1.165) is 48.7 Å². The van der Waals surface area contributed by atoms with Gasteiger partial charge in [-0.05, 0) is 49.7 Å². The molecule has 1 N–H and O–H groups in total. The largest absolute Gasteiger partial charge is 0.490 e. The second kappa shape index (κ2) is 7.45. The molecule has 0 spiro atoms. The normalized spacial score (nSPS) is 15.1. The van der Waals surface area contributed by atoms with Crippen LogP contribution in [-0.4, -0.2) is 30.2 Å². The first-order valence-corrected chi connectivity index (χ1v) is 8.22. The number of rotatable bonds is 4. The smallest absolute Gasteiger partial charge is 0.274 e. The van der Waals surface area contributed by atoms with E-state index < -0.39 is 0 Å². The van der Waals surface area contributed by atoms with Crippen molar-refractivity contribution < 1.29 is 14.3 Å². The predicted molar refractivity (Wildman–Crippen MR) is 92.6 cm³/mol. The number of pyridine rings is 1. The lowest BCUT2D eigenvalue weighted by molar-refractivity contribution is 0.0253. The summed E-state index contributed by atoms with van der Waals surface area (Å²) in [6, 6.07) is 11.1. The Morgan fingerprint density at radius 3 is 2.71 bits per heavy atom. The van der Waals surface area contributed by atoms with Crippen LogP contribution >= 0.6 is 0 Å². The van der Waals surface area contributed by atoms with Crippen LogP contribution in [0.5, 0.6) is 5.75 Å². The van der Waals surface area contributed by atoms with E-state index in [2.05, 4.69) is 10.3 Å². The van der Waals surface area contributed by atoms with E-state index >= 15 is 0 Å². The molecule has 1 aliphatic rings. The summed E-state index contributed by atoms with van der Waals surface area (Å²) in [5, 5.41) is 2.88. The highest BCUT2D eigenvalue weighted by molar-refractivity contribution is 6.02. The molecule has 1 amide bonds. The Hall–Kier alpha value is -2.40. The lowest BCUT2D eigenvalue weighted by Crippen LogP contribution is -2.26. The monoisotopic (exact) mass is 326 g/mol. The Bertz CT molecular complexity index is 724. The molecular formula is C19H22N2O3. The number of carbonyl (C=O) groups is 1.